The van der Waals surface area contributed by atoms with Crippen LogP contribution >= 0.6 is 0 Å². The lowest BCUT2D eigenvalue weighted by Gasteiger charge is -2.20. The summed E-state index contributed by atoms with van der Waals surface area (Å²) in [5, 5.41) is 8.05. The Bertz CT molecular complexity index is 246. The summed E-state index contributed by atoms with van der Waals surface area (Å²) in [5.41, 5.74) is -0.253. The average Bonchev–Trinajstić information content (AvgIpc) is 2.08. The van der Waals surface area contributed by atoms with E-state index in [1.54, 1.807) is 14.1 Å². The molecule has 4 amide bonds. The molecule has 0 fully saturated rings. The molecule has 6 heteroatoms. The molecule has 0 spiro atoms. The smallest absolute Gasteiger partial charge is 0.316 e. The van der Waals surface area contributed by atoms with Gasteiger partial charge in [-0.1, -0.05) is 0 Å². The molecule has 0 heterocycles. The van der Waals surface area contributed by atoms with Gasteiger partial charge in [-0.25, -0.2) is 9.59 Å². The lowest BCUT2D eigenvalue weighted by atomic mass is 10.1. The second-order valence-corrected chi connectivity index (χ2v) is 4.76. The number of hydrogen-bond donors (Lipinski definition) is 3. The minimum atomic E-state index is -0.253. The molecule has 6 nitrogen and oxygen atoms in total. The normalized spacial score (nSPS) is 10.6. The van der Waals surface area contributed by atoms with E-state index in [0.717, 1.165) is 0 Å². The summed E-state index contributed by atoms with van der Waals surface area (Å²) in [6, 6.07) is -0.398. The summed E-state index contributed by atoms with van der Waals surface area (Å²) < 4.78 is 0. The van der Waals surface area contributed by atoms with Gasteiger partial charge in [0, 0.05) is 32.7 Å². The van der Waals surface area contributed by atoms with Crippen LogP contribution in [0.15, 0.2) is 0 Å². The predicted octanol–water partition coefficient (Wildman–Crippen LogP) is 0.355. The maximum absolute atomic E-state index is 11.3. The van der Waals surface area contributed by atoms with E-state index in [0.29, 0.717) is 13.1 Å². The summed E-state index contributed by atoms with van der Waals surface area (Å²) >= 11 is 0. The van der Waals surface area contributed by atoms with Crippen molar-refractivity contribution in [2.24, 2.45) is 0 Å². The molecule has 0 saturated heterocycles. The van der Waals surface area contributed by atoms with Gasteiger partial charge >= 0.3 is 12.1 Å². The van der Waals surface area contributed by atoms with Crippen LogP contribution in [0.25, 0.3) is 0 Å². The molecule has 0 unspecified atom stereocenters. The number of carbonyl (C=O) groups excluding carboxylic acids is 2. The molecular weight excluding hydrogens is 208 g/mol. The average molecular weight is 230 g/mol. The Kier molecular flexibility index (Phi) is 5.63. The molecule has 0 aromatic rings. The number of nitrogens with one attached hydrogen (secondary N) is 3. The molecule has 94 valence electrons. The quantitative estimate of drug-likeness (QED) is 0.612. The largest absolute Gasteiger partial charge is 0.336 e. The van der Waals surface area contributed by atoms with Crippen LogP contribution in [0.2, 0.25) is 0 Å². The molecular formula is C10H22N4O2. The minimum Gasteiger partial charge on any atom is -0.336 e. The summed E-state index contributed by atoms with van der Waals surface area (Å²) in [5.74, 6) is 0. The molecule has 0 aliphatic carbocycles. The molecule has 0 rings (SSSR count). The summed E-state index contributed by atoms with van der Waals surface area (Å²) in [7, 11) is 3.32. The van der Waals surface area contributed by atoms with E-state index in [9.17, 15) is 9.59 Å². The number of urea groups is 2. The maximum atomic E-state index is 11.3. The van der Waals surface area contributed by atoms with Crippen molar-refractivity contribution in [1.82, 2.24) is 20.9 Å². The first-order valence-corrected chi connectivity index (χ1v) is 5.23. The van der Waals surface area contributed by atoms with Crippen molar-refractivity contribution in [3.05, 3.63) is 0 Å². The van der Waals surface area contributed by atoms with Crippen molar-refractivity contribution in [3.8, 4) is 0 Å². The van der Waals surface area contributed by atoms with Crippen molar-refractivity contribution >= 4 is 12.1 Å². The highest BCUT2D eigenvalue weighted by atomic mass is 16.2. The van der Waals surface area contributed by atoms with E-state index >= 15 is 0 Å². The first kappa shape index (κ1) is 14.5. The molecule has 16 heavy (non-hydrogen) atoms. The third-order valence-corrected chi connectivity index (χ3v) is 1.58. The van der Waals surface area contributed by atoms with Crippen LogP contribution in [0.4, 0.5) is 9.59 Å². The van der Waals surface area contributed by atoms with Gasteiger partial charge in [0.25, 0.3) is 0 Å². The zero-order valence-corrected chi connectivity index (χ0v) is 10.7. The van der Waals surface area contributed by atoms with Gasteiger partial charge in [-0.15, -0.1) is 0 Å². The van der Waals surface area contributed by atoms with Gasteiger partial charge in [-0.2, -0.15) is 0 Å². The summed E-state index contributed by atoms with van der Waals surface area (Å²) in [4.78, 5) is 23.8. The highest BCUT2D eigenvalue weighted by Crippen LogP contribution is 1.96. The Hall–Kier alpha value is -1.46. The highest BCUT2D eigenvalue weighted by Gasteiger charge is 2.12. The van der Waals surface area contributed by atoms with Crippen molar-refractivity contribution in [1.29, 1.82) is 0 Å². The van der Waals surface area contributed by atoms with Crippen LogP contribution < -0.4 is 16.0 Å². The predicted molar refractivity (Wildman–Crippen MR) is 63.4 cm³/mol. The van der Waals surface area contributed by atoms with Crippen molar-refractivity contribution < 1.29 is 9.59 Å². The first-order chi connectivity index (χ1) is 7.22. The topological polar surface area (TPSA) is 73.5 Å². The van der Waals surface area contributed by atoms with E-state index in [-0.39, 0.29) is 17.6 Å². The molecule has 3 N–H and O–H groups in total. The zero-order valence-electron chi connectivity index (χ0n) is 10.7. The number of rotatable bonds is 3. The molecule has 0 aliphatic rings. The summed E-state index contributed by atoms with van der Waals surface area (Å²) in [6.45, 7) is 6.53. The highest BCUT2D eigenvalue weighted by molar-refractivity contribution is 5.75. The van der Waals surface area contributed by atoms with Gasteiger partial charge in [0.2, 0.25) is 0 Å². The van der Waals surface area contributed by atoms with Gasteiger partial charge < -0.3 is 20.9 Å². The maximum Gasteiger partial charge on any atom is 0.316 e. The summed E-state index contributed by atoms with van der Waals surface area (Å²) in [6.07, 6.45) is 0. The molecule has 0 radical (unpaired) electrons. The van der Waals surface area contributed by atoms with Gasteiger partial charge in [0.1, 0.15) is 0 Å². The van der Waals surface area contributed by atoms with E-state index in [2.05, 4.69) is 16.0 Å². The Balaban J connectivity index is 3.60. The Morgan fingerprint density at radius 2 is 1.56 bits per heavy atom. The number of carbonyl (C=O) groups is 2. The Morgan fingerprint density at radius 1 is 1.06 bits per heavy atom. The van der Waals surface area contributed by atoms with Crippen LogP contribution in [0.1, 0.15) is 20.8 Å². The lowest BCUT2D eigenvalue weighted by Crippen LogP contribution is -2.48. The molecule has 0 aromatic carbocycles. The monoisotopic (exact) mass is 230 g/mol. The van der Waals surface area contributed by atoms with Crippen LogP contribution in [-0.2, 0) is 0 Å². The number of hydrogen-bond acceptors (Lipinski definition) is 2. The van der Waals surface area contributed by atoms with Gasteiger partial charge in [-0.05, 0) is 20.8 Å². The van der Waals surface area contributed by atoms with Crippen LogP contribution in [0.5, 0.6) is 0 Å². The van der Waals surface area contributed by atoms with Gasteiger partial charge in [0.05, 0.1) is 0 Å². The Morgan fingerprint density at radius 3 is 2.00 bits per heavy atom. The third-order valence-electron chi connectivity index (χ3n) is 1.58. The standard InChI is InChI=1S/C10H22N4O2/c1-10(2,3)13-8(15)11-6-7-12-9(16)14(4)5/h6-7H2,1-5H3,(H,12,16)(H2,11,13,15). The SMILES string of the molecule is CN(C)C(=O)NCCNC(=O)NC(C)(C)C. The third kappa shape index (κ3) is 7.90. The first-order valence-electron chi connectivity index (χ1n) is 5.23. The fourth-order valence-electron chi connectivity index (χ4n) is 0.888. The lowest BCUT2D eigenvalue weighted by molar-refractivity contribution is 0.216. The fourth-order valence-corrected chi connectivity index (χ4v) is 0.888. The second kappa shape index (κ2) is 6.19. The van der Waals surface area contributed by atoms with Crippen LogP contribution in [0.3, 0.4) is 0 Å². The van der Waals surface area contributed by atoms with Gasteiger partial charge in [-0.3, -0.25) is 0 Å². The molecule has 0 aliphatic heterocycles. The van der Waals surface area contributed by atoms with E-state index in [4.69, 9.17) is 0 Å². The molecule has 0 bridgehead atoms. The van der Waals surface area contributed by atoms with E-state index < -0.39 is 0 Å². The fraction of sp³-hybridized carbons (Fsp3) is 0.800. The number of amides is 4. The molecule has 0 saturated carbocycles. The minimum absolute atomic E-state index is 0.168. The number of nitrogens with zero attached hydrogens (tertiary/aromatic N) is 1. The van der Waals surface area contributed by atoms with E-state index in [1.165, 1.54) is 4.90 Å². The van der Waals surface area contributed by atoms with Crippen molar-refractivity contribution in [2.75, 3.05) is 27.2 Å². The van der Waals surface area contributed by atoms with E-state index in [1.807, 2.05) is 20.8 Å². The van der Waals surface area contributed by atoms with Crippen molar-refractivity contribution in [3.63, 3.8) is 0 Å². The zero-order chi connectivity index (χ0) is 12.8. The van der Waals surface area contributed by atoms with Crippen LogP contribution in [-0.4, -0.2) is 49.7 Å². The Labute approximate surface area is 96.8 Å². The van der Waals surface area contributed by atoms with Gasteiger partial charge in [0.15, 0.2) is 0 Å². The molecule has 0 atom stereocenters. The van der Waals surface area contributed by atoms with Crippen molar-refractivity contribution in [2.45, 2.75) is 26.3 Å². The molecule has 0 aromatic heterocycles. The van der Waals surface area contributed by atoms with Crippen LogP contribution in [0, 0.1) is 0 Å². The second-order valence-electron chi connectivity index (χ2n) is 4.76.